The van der Waals surface area contributed by atoms with Crippen LogP contribution in [0.25, 0.3) is 0 Å². The highest BCUT2D eigenvalue weighted by Gasteiger charge is 2.23. The molecular weight excluding hydrogens is 178 g/mol. The molecule has 4 nitrogen and oxygen atoms in total. The summed E-state index contributed by atoms with van der Waals surface area (Å²) in [6, 6.07) is 0.248. The molecule has 1 heterocycles. The SMILES string of the molecule is Cc1nc(C)n(C2CCCC(=O)C2)n1. The Hall–Kier alpha value is -1.19. The van der Waals surface area contributed by atoms with Gasteiger partial charge in [0.25, 0.3) is 0 Å². The fraction of sp³-hybridized carbons (Fsp3) is 0.700. The van der Waals surface area contributed by atoms with Crippen LogP contribution < -0.4 is 0 Å². The third-order valence-corrected chi connectivity index (χ3v) is 2.71. The molecule has 0 bridgehead atoms. The summed E-state index contributed by atoms with van der Waals surface area (Å²) in [6.45, 7) is 3.83. The molecule has 1 atom stereocenters. The molecule has 0 aliphatic heterocycles. The summed E-state index contributed by atoms with van der Waals surface area (Å²) in [5.74, 6) is 2.07. The van der Waals surface area contributed by atoms with Crippen LogP contribution in [0.4, 0.5) is 0 Å². The van der Waals surface area contributed by atoms with Crippen molar-refractivity contribution >= 4 is 5.78 Å². The van der Waals surface area contributed by atoms with E-state index in [0.29, 0.717) is 12.2 Å². The summed E-state index contributed by atoms with van der Waals surface area (Å²) >= 11 is 0. The number of ketones is 1. The highest BCUT2D eigenvalue weighted by Crippen LogP contribution is 2.25. The van der Waals surface area contributed by atoms with E-state index in [4.69, 9.17) is 0 Å². The van der Waals surface area contributed by atoms with Gasteiger partial charge in [-0.15, -0.1) is 0 Å². The maximum atomic E-state index is 11.3. The molecule has 1 aliphatic rings. The van der Waals surface area contributed by atoms with Crippen molar-refractivity contribution in [3.05, 3.63) is 11.6 Å². The molecule has 0 amide bonds. The number of carbonyl (C=O) groups excluding carboxylic acids is 1. The highest BCUT2D eigenvalue weighted by atomic mass is 16.1. The molecule has 4 heteroatoms. The molecule has 1 aromatic heterocycles. The van der Waals surface area contributed by atoms with E-state index in [1.165, 1.54) is 0 Å². The standard InChI is InChI=1S/C10H15N3O/c1-7-11-8(2)13(12-7)9-4-3-5-10(14)6-9/h9H,3-6H2,1-2H3. The van der Waals surface area contributed by atoms with Crippen molar-refractivity contribution < 1.29 is 4.79 Å². The van der Waals surface area contributed by atoms with Gasteiger partial charge in [0, 0.05) is 12.8 Å². The van der Waals surface area contributed by atoms with E-state index in [1.807, 2.05) is 18.5 Å². The van der Waals surface area contributed by atoms with Gasteiger partial charge in [-0.3, -0.25) is 4.79 Å². The van der Waals surface area contributed by atoms with E-state index in [-0.39, 0.29) is 6.04 Å². The molecule has 1 aromatic rings. The number of nitrogens with zero attached hydrogens (tertiary/aromatic N) is 3. The van der Waals surface area contributed by atoms with Crippen LogP contribution in [0.5, 0.6) is 0 Å². The Bertz CT molecular complexity index is 356. The van der Waals surface area contributed by atoms with Crippen molar-refractivity contribution in [2.45, 2.75) is 45.6 Å². The topological polar surface area (TPSA) is 47.8 Å². The fourth-order valence-corrected chi connectivity index (χ4v) is 2.09. The van der Waals surface area contributed by atoms with Gasteiger partial charge in [0.15, 0.2) is 0 Å². The number of rotatable bonds is 1. The van der Waals surface area contributed by atoms with Crippen LogP contribution in [0.1, 0.15) is 43.4 Å². The molecule has 0 saturated heterocycles. The summed E-state index contributed by atoms with van der Waals surface area (Å²) in [4.78, 5) is 15.6. The molecule has 1 aliphatic carbocycles. The smallest absolute Gasteiger partial charge is 0.147 e. The first-order chi connectivity index (χ1) is 6.66. The lowest BCUT2D eigenvalue weighted by Gasteiger charge is -2.21. The quantitative estimate of drug-likeness (QED) is 0.680. The van der Waals surface area contributed by atoms with Crippen LogP contribution in [0.2, 0.25) is 0 Å². The Labute approximate surface area is 83.3 Å². The average Bonchev–Trinajstić information content (AvgIpc) is 2.45. The molecule has 76 valence electrons. The van der Waals surface area contributed by atoms with Crippen LogP contribution in [-0.2, 0) is 4.79 Å². The summed E-state index contributed by atoms with van der Waals surface area (Å²) in [7, 11) is 0. The van der Waals surface area contributed by atoms with Gasteiger partial charge in [0.05, 0.1) is 6.04 Å². The molecule has 0 aromatic carbocycles. The molecule has 1 unspecified atom stereocenters. The van der Waals surface area contributed by atoms with Gasteiger partial charge in [0.1, 0.15) is 17.4 Å². The lowest BCUT2D eigenvalue weighted by Crippen LogP contribution is -2.20. The zero-order chi connectivity index (χ0) is 10.1. The average molecular weight is 193 g/mol. The van der Waals surface area contributed by atoms with Gasteiger partial charge < -0.3 is 0 Å². The minimum atomic E-state index is 0.248. The van der Waals surface area contributed by atoms with E-state index in [1.54, 1.807) is 0 Å². The van der Waals surface area contributed by atoms with Crippen molar-refractivity contribution in [1.82, 2.24) is 14.8 Å². The lowest BCUT2D eigenvalue weighted by molar-refractivity contribution is -0.121. The van der Waals surface area contributed by atoms with E-state index in [2.05, 4.69) is 10.1 Å². The molecule has 1 fully saturated rings. The van der Waals surface area contributed by atoms with Gasteiger partial charge in [-0.1, -0.05) is 0 Å². The van der Waals surface area contributed by atoms with Crippen molar-refractivity contribution in [2.75, 3.05) is 0 Å². The third kappa shape index (κ3) is 1.69. The van der Waals surface area contributed by atoms with Gasteiger partial charge in [0.2, 0.25) is 0 Å². The van der Waals surface area contributed by atoms with Crippen molar-refractivity contribution in [3.8, 4) is 0 Å². The van der Waals surface area contributed by atoms with Crippen molar-refractivity contribution in [3.63, 3.8) is 0 Å². The predicted molar refractivity (Wildman–Crippen MR) is 52.0 cm³/mol. The zero-order valence-electron chi connectivity index (χ0n) is 8.66. The Balaban J connectivity index is 2.21. The zero-order valence-corrected chi connectivity index (χ0v) is 8.66. The normalized spacial score (nSPS) is 22.7. The van der Waals surface area contributed by atoms with E-state index >= 15 is 0 Å². The Morgan fingerprint density at radius 2 is 2.21 bits per heavy atom. The number of hydrogen-bond acceptors (Lipinski definition) is 3. The van der Waals surface area contributed by atoms with Crippen LogP contribution in [-0.4, -0.2) is 20.5 Å². The van der Waals surface area contributed by atoms with E-state index < -0.39 is 0 Å². The summed E-state index contributed by atoms with van der Waals surface area (Å²) in [6.07, 6.45) is 3.41. The highest BCUT2D eigenvalue weighted by molar-refractivity contribution is 5.79. The van der Waals surface area contributed by atoms with Gasteiger partial charge in [-0.2, -0.15) is 5.10 Å². The van der Waals surface area contributed by atoms with E-state index in [0.717, 1.165) is 30.9 Å². The largest absolute Gasteiger partial charge is 0.300 e. The lowest BCUT2D eigenvalue weighted by atomic mass is 9.94. The van der Waals surface area contributed by atoms with Crippen LogP contribution in [0.15, 0.2) is 0 Å². The monoisotopic (exact) mass is 193 g/mol. The minimum Gasteiger partial charge on any atom is -0.300 e. The molecule has 2 rings (SSSR count). The van der Waals surface area contributed by atoms with Crippen LogP contribution in [0.3, 0.4) is 0 Å². The Morgan fingerprint density at radius 1 is 1.43 bits per heavy atom. The summed E-state index contributed by atoms with van der Waals surface area (Å²) < 4.78 is 1.91. The van der Waals surface area contributed by atoms with Gasteiger partial charge >= 0.3 is 0 Å². The second-order valence-corrected chi connectivity index (χ2v) is 3.94. The van der Waals surface area contributed by atoms with Crippen molar-refractivity contribution in [1.29, 1.82) is 0 Å². The maximum Gasteiger partial charge on any atom is 0.147 e. The summed E-state index contributed by atoms with van der Waals surface area (Å²) in [5, 5.41) is 4.32. The van der Waals surface area contributed by atoms with Crippen LogP contribution in [0, 0.1) is 13.8 Å². The Morgan fingerprint density at radius 3 is 2.79 bits per heavy atom. The number of hydrogen-bond donors (Lipinski definition) is 0. The minimum absolute atomic E-state index is 0.248. The predicted octanol–water partition coefficient (Wildman–Crippen LogP) is 1.58. The molecule has 0 N–H and O–H groups in total. The first-order valence-corrected chi connectivity index (χ1v) is 5.08. The fourth-order valence-electron chi connectivity index (χ4n) is 2.09. The van der Waals surface area contributed by atoms with Gasteiger partial charge in [-0.25, -0.2) is 9.67 Å². The van der Waals surface area contributed by atoms with Gasteiger partial charge in [-0.05, 0) is 26.7 Å². The molecule has 0 spiro atoms. The van der Waals surface area contributed by atoms with Crippen molar-refractivity contribution in [2.24, 2.45) is 0 Å². The third-order valence-electron chi connectivity index (χ3n) is 2.71. The molecule has 0 radical (unpaired) electrons. The molecular formula is C10H15N3O. The second kappa shape index (κ2) is 3.52. The van der Waals surface area contributed by atoms with Crippen LogP contribution >= 0.6 is 0 Å². The first kappa shape index (κ1) is 9.37. The number of aromatic nitrogens is 3. The van der Waals surface area contributed by atoms with E-state index in [9.17, 15) is 4.79 Å². The maximum absolute atomic E-state index is 11.3. The number of carbonyl (C=O) groups is 1. The molecule has 14 heavy (non-hydrogen) atoms. The first-order valence-electron chi connectivity index (χ1n) is 5.08. The molecule has 1 saturated carbocycles. The Kier molecular flexibility index (Phi) is 2.35. The number of Topliss-reactive ketones (excluding diaryl/α,β-unsaturated/α-hetero) is 1. The second-order valence-electron chi connectivity index (χ2n) is 3.94. The summed E-state index contributed by atoms with van der Waals surface area (Å²) in [5.41, 5.74) is 0. The number of aryl methyl sites for hydroxylation is 2.